The van der Waals surface area contributed by atoms with Gasteiger partial charge in [0.25, 0.3) is 0 Å². The van der Waals surface area contributed by atoms with Crippen LogP contribution in [0.1, 0.15) is 13.3 Å². The zero-order valence-electron chi connectivity index (χ0n) is 10.2. The summed E-state index contributed by atoms with van der Waals surface area (Å²) in [5.41, 5.74) is 0. The Labute approximate surface area is 107 Å². The van der Waals surface area contributed by atoms with Gasteiger partial charge in [0, 0.05) is 31.4 Å². The van der Waals surface area contributed by atoms with Crippen molar-refractivity contribution in [2.75, 3.05) is 13.1 Å². The lowest BCUT2D eigenvalue weighted by Gasteiger charge is -2.17. The van der Waals surface area contributed by atoms with Gasteiger partial charge in [-0.2, -0.15) is 4.31 Å². The standard InChI is InChI=1S/C12H16N2O3S/c1-9-5-10-7-14(8-12(10)17-9)18(15,16)11-3-2-4-13-6-11/h2-4,6,9-10,12H,5,7-8H2,1H3/t9-,10-,12+/m1/s1. The van der Waals surface area contributed by atoms with Crippen molar-refractivity contribution in [3.63, 3.8) is 0 Å². The summed E-state index contributed by atoms with van der Waals surface area (Å²) in [7, 11) is -3.41. The molecule has 2 aliphatic rings. The first kappa shape index (κ1) is 12.1. The fourth-order valence-electron chi connectivity index (χ4n) is 2.81. The summed E-state index contributed by atoms with van der Waals surface area (Å²) >= 11 is 0. The minimum absolute atomic E-state index is 0.0615. The third-order valence-corrected chi connectivity index (χ3v) is 5.48. The van der Waals surface area contributed by atoms with Crippen molar-refractivity contribution in [2.24, 2.45) is 5.92 Å². The quantitative estimate of drug-likeness (QED) is 0.799. The number of rotatable bonds is 2. The molecule has 5 nitrogen and oxygen atoms in total. The van der Waals surface area contributed by atoms with E-state index in [1.54, 1.807) is 18.3 Å². The Balaban J connectivity index is 1.81. The van der Waals surface area contributed by atoms with Crippen molar-refractivity contribution >= 4 is 10.0 Å². The van der Waals surface area contributed by atoms with Crippen molar-refractivity contribution < 1.29 is 13.2 Å². The molecule has 0 saturated carbocycles. The van der Waals surface area contributed by atoms with Crippen LogP contribution >= 0.6 is 0 Å². The lowest BCUT2D eigenvalue weighted by molar-refractivity contribution is 0.0541. The highest BCUT2D eigenvalue weighted by Gasteiger charge is 2.44. The average molecular weight is 268 g/mol. The van der Waals surface area contributed by atoms with E-state index in [1.165, 1.54) is 10.5 Å². The Hall–Kier alpha value is -0.980. The highest BCUT2D eigenvalue weighted by molar-refractivity contribution is 7.89. The zero-order chi connectivity index (χ0) is 12.8. The van der Waals surface area contributed by atoms with Crippen molar-refractivity contribution in [1.29, 1.82) is 0 Å². The second-order valence-electron chi connectivity index (χ2n) is 4.99. The monoisotopic (exact) mass is 268 g/mol. The number of nitrogens with zero attached hydrogens (tertiary/aromatic N) is 2. The summed E-state index contributed by atoms with van der Waals surface area (Å²) < 4.78 is 32.0. The molecule has 0 spiro atoms. The van der Waals surface area contributed by atoms with E-state index in [0.29, 0.717) is 19.0 Å². The van der Waals surface area contributed by atoms with E-state index >= 15 is 0 Å². The minimum atomic E-state index is -3.41. The highest BCUT2D eigenvalue weighted by Crippen LogP contribution is 2.35. The molecule has 6 heteroatoms. The van der Waals surface area contributed by atoms with Crippen LogP contribution in [0.2, 0.25) is 0 Å². The molecule has 2 saturated heterocycles. The molecule has 2 fully saturated rings. The van der Waals surface area contributed by atoms with Crippen molar-refractivity contribution in [2.45, 2.75) is 30.4 Å². The number of ether oxygens (including phenoxy) is 1. The fourth-order valence-corrected chi connectivity index (χ4v) is 4.28. The van der Waals surface area contributed by atoms with Gasteiger partial charge in [-0.3, -0.25) is 4.98 Å². The van der Waals surface area contributed by atoms with Gasteiger partial charge in [-0.05, 0) is 25.5 Å². The highest BCUT2D eigenvalue weighted by atomic mass is 32.2. The van der Waals surface area contributed by atoms with Crippen molar-refractivity contribution in [3.05, 3.63) is 24.5 Å². The van der Waals surface area contributed by atoms with Crippen LogP contribution in [-0.4, -0.2) is 43.0 Å². The predicted octanol–water partition coefficient (Wildman–Crippen LogP) is 0.880. The lowest BCUT2D eigenvalue weighted by atomic mass is 10.0. The van der Waals surface area contributed by atoms with Gasteiger partial charge in [0.05, 0.1) is 12.2 Å². The SMILES string of the molecule is C[C@@H]1C[C@@H]2CN(S(=O)(=O)c3cccnc3)C[C@@H]2O1. The zero-order valence-corrected chi connectivity index (χ0v) is 11.0. The number of fused-ring (bicyclic) bond motifs is 1. The average Bonchev–Trinajstić information content (AvgIpc) is 2.87. The molecule has 98 valence electrons. The largest absolute Gasteiger partial charge is 0.374 e. The van der Waals surface area contributed by atoms with Gasteiger partial charge in [-0.15, -0.1) is 0 Å². The van der Waals surface area contributed by atoms with Gasteiger partial charge in [0.2, 0.25) is 10.0 Å². The van der Waals surface area contributed by atoms with Gasteiger partial charge >= 0.3 is 0 Å². The van der Waals surface area contributed by atoms with E-state index in [1.807, 2.05) is 6.92 Å². The lowest BCUT2D eigenvalue weighted by Crippen LogP contribution is -2.31. The van der Waals surface area contributed by atoms with Crippen molar-refractivity contribution in [3.8, 4) is 0 Å². The molecular weight excluding hydrogens is 252 g/mol. The van der Waals surface area contributed by atoms with Crippen LogP contribution in [0, 0.1) is 5.92 Å². The summed E-state index contributed by atoms with van der Waals surface area (Å²) in [4.78, 5) is 4.13. The molecule has 1 aromatic rings. The van der Waals surface area contributed by atoms with E-state index < -0.39 is 10.0 Å². The van der Waals surface area contributed by atoms with E-state index in [4.69, 9.17) is 4.74 Å². The van der Waals surface area contributed by atoms with Crippen LogP contribution in [-0.2, 0) is 14.8 Å². The van der Waals surface area contributed by atoms with Gasteiger partial charge in [-0.25, -0.2) is 8.42 Å². The van der Waals surface area contributed by atoms with Crippen LogP contribution in [0.15, 0.2) is 29.4 Å². The first-order valence-electron chi connectivity index (χ1n) is 6.13. The van der Waals surface area contributed by atoms with Crippen LogP contribution < -0.4 is 0 Å². The molecule has 3 rings (SSSR count). The second-order valence-corrected chi connectivity index (χ2v) is 6.93. The van der Waals surface area contributed by atoms with Crippen LogP contribution in [0.3, 0.4) is 0 Å². The van der Waals surface area contributed by atoms with Crippen LogP contribution in [0.5, 0.6) is 0 Å². The fraction of sp³-hybridized carbons (Fsp3) is 0.583. The van der Waals surface area contributed by atoms with E-state index in [-0.39, 0.29) is 17.1 Å². The molecule has 3 heterocycles. The second kappa shape index (κ2) is 4.29. The first-order chi connectivity index (χ1) is 8.57. The maximum Gasteiger partial charge on any atom is 0.244 e. The number of aromatic nitrogens is 1. The van der Waals surface area contributed by atoms with E-state index in [0.717, 1.165) is 6.42 Å². The molecule has 0 amide bonds. The Morgan fingerprint density at radius 2 is 2.28 bits per heavy atom. The van der Waals surface area contributed by atoms with Gasteiger partial charge in [0.1, 0.15) is 4.90 Å². The number of sulfonamides is 1. The molecule has 0 radical (unpaired) electrons. The Morgan fingerprint density at radius 3 is 2.94 bits per heavy atom. The minimum Gasteiger partial charge on any atom is -0.374 e. The summed E-state index contributed by atoms with van der Waals surface area (Å²) in [5.74, 6) is 0.339. The molecular formula is C12H16N2O3S. The van der Waals surface area contributed by atoms with Gasteiger partial charge in [-0.1, -0.05) is 0 Å². The molecule has 0 unspecified atom stereocenters. The molecule has 3 atom stereocenters. The molecule has 0 bridgehead atoms. The predicted molar refractivity (Wildman–Crippen MR) is 65.4 cm³/mol. The number of pyridine rings is 1. The first-order valence-corrected chi connectivity index (χ1v) is 7.57. The Morgan fingerprint density at radius 1 is 1.44 bits per heavy atom. The van der Waals surface area contributed by atoms with Crippen LogP contribution in [0.25, 0.3) is 0 Å². The summed E-state index contributed by atoms with van der Waals surface area (Å²) in [6.07, 6.45) is 4.23. The summed E-state index contributed by atoms with van der Waals surface area (Å²) in [6.45, 7) is 3.07. The van der Waals surface area contributed by atoms with Gasteiger partial charge < -0.3 is 4.74 Å². The third kappa shape index (κ3) is 1.94. The maximum absolute atomic E-state index is 12.4. The number of hydrogen-bond donors (Lipinski definition) is 0. The normalized spacial score (nSPS) is 32.6. The Kier molecular flexibility index (Phi) is 2.88. The maximum atomic E-state index is 12.4. The summed E-state index contributed by atoms with van der Waals surface area (Å²) in [6, 6.07) is 3.22. The third-order valence-electron chi connectivity index (χ3n) is 3.66. The molecule has 0 N–H and O–H groups in total. The number of hydrogen-bond acceptors (Lipinski definition) is 4. The van der Waals surface area contributed by atoms with Crippen molar-refractivity contribution in [1.82, 2.24) is 9.29 Å². The van der Waals surface area contributed by atoms with E-state index in [2.05, 4.69) is 4.98 Å². The molecule has 0 aromatic carbocycles. The summed E-state index contributed by atoms with van der Waals surface area (Å²) in [5, 5.41) is 0. The molecule has 18 heavy (non-hydrogen) atoms. The Bertz CT molecular complexity index is 518. The van der Waals surface area contributed by atoms with Crippen LogP contribution in [0.4, 0.5) is 0 Å². The van der Waals surface area contributed by atoms with E-state index in [9.17, 15) is 8.42 Å². The molecule has 0 aliphatic carbocycles. The topological polar surface area (TPSA) is 59.5 Å². The van der Waals surface area contributed by atoms with Gasteiger partial charge in [0.15, 0.2) is 0 Å². The molecule has 1 aromatic heterocycles. The molecule has 2 aliphatic heterocycles. The smallest absolute Gasteiger partial charge is 0.244 e.